The second-order valence-electron chi connectivity index (χ2n) is 7.93. The van der Waals surface area contributed by atoms with E-state index < -0.39 is 30.4 Å². The fourth-order valence-corrected chi connectivity index (χ4v) is 3.51. The van der Waals surface area contributed by atoms with E-state index in [9.17, 15) is 14.4 Å². The second-order valence-corrected chi connectivity index (χ2v) is 7.93. The quantitative estimate of drug-likeness (QED) is 0.477. The fraction of sp³-hybridized carbons (Fsp3) is 0.231. The van der Waals surface area contributed by atoms with Gasteiger partial charge in [-0.2, -0.15) is 5.10 Å². The molecule has 2 heterocycles. The van der Waals surface area contributed by atoms with E-state index in [1.54, 1.807) is 36.4 Å². The van der Waals surface area contributed by atoms with Gasteiger partial charge in [-0.3, -0.25) is 14.4 Å². The van der Waals surface area contributed by atoms with Gasteiger partial charge in [0, 0.05) is 6.42 Å². The molecule has 180 valence electrons. The SMILES string of the molecule is Cc1ccc(C2=NN(C(=O)COC(=O)CNC(=O)COc3ccccc3)C(c3ccco3)C2)cc1. The van der Waals surface area contributed by atoms with Crippen molar-refractivity contribution in [2.24, 2.45) is 5.10 Å². The number of nitrogens with one attached hydrogen (secondary N) is 1. The van der Waals surface area contributed by atoms with Crippen LogP contribution in [0.25, 0.3) is 0 Å². The number of hydrogen-bond donors (Lipinski definition) is 1. The number of ether oxygens (including phenoxy) is 2. The average Bonchev–Trinajstić information content (AvgIpc) is 3.56. The van der Waals surface area contributed by atoms with Crippen molar-refractivity contribution in [2.45, 2.75) is 19.4 Å². The van der Waals surface area contributed by atoms with Crippen LogP contribution in [0.4, 0.5) is 0 Å². The minimum Gasteiger partial charge on any atom is -0.484 e. The molecular weight excluding hydrogens is 450 g/mol. The summed E-state index contributed by atoms with van der Waals surface area (Å²) < 4.78 is 15.9. The molecular formula is C26H25N3O6. The first-order valence-electron chi connectivity index (χ1n) is 11.1. The number of para-hydroxylation sites is 1. The molecule has 1 unspecified atom stereocenters. The number of hydrazone groups is 1. The molecule has 1 atom stereocenters. The lowest BCUT2D eigenvalue weighted by atomic mass is 10.0. The number of carbonyl (C=O) groups is 3. The van der Waals surface area contributed by atoms with E-state index in [2.05, 4.69) is 10.4 Å². The summed E-state index contributed by atoms with van der Waals surface area (Å²) >= 11 is 0. The van der Waals surface area contributed by atoms with Crippen LogP contribution in [0.15, 0.2) is 82.5 Å². The Morgan fingerprint density at radius 1 is 1.03 bits per heavy atom. The highest BCUT2D eigenvalue weighted by molar-refractivity contribution is 6.03. The summed E-state index contributed by atoms with van der Waals surface area (Å²) in [4.78, 5) is 36.8. The van der Waals surface area contributed by atoms with E-state index in [0.29, 0.717) is 17.9 Å². The Bertz CT molecular complexity index is 1190. The maximum absolute atomic E-state index is 12.9. The molecule has 1 aliphatic rings. The zero-order chi connectivity index (χ0) is 24.6. The van der Waals surface area contributed by atoms with Gasteiger partial charge < -0.3 is 19.2 Å². The van der Waals surface area contributed by atoms with Gasteiger partial charge in [-0.05, 0) is 36.8 Å². The predicted octanol–water partition coefficient (Wildman–Crippen LogP) is 3.00. The standard InChI is InChI=1S/C26H25N3O6/c1-18-9-11-19(12-10-18)21-14-22(23-8-5-13-33-23)29(28-21)25(31)17-35-26(32)15-27-24(30)16-34-20-6-3-2-4-7-20/h2-13,22H,14-17H2,1H3,(H,27,30). The number of carbonyl (C=O) groups excluding carboxylic acids is 3. The van der Waals surface area contributed by atoms with Gasteiger partial charge in [0.15, 0.2) is 13.2 Å². The largest absolute Gasteiger partial charge is 0.484 e. The maximum Gasteiger partial charge on any atom is 0.325 e. The van der Waals surface area contributed by atoms with Crippen molar-refractivity contribution >= 4 is 23.5 Å². The van der Waals surface area contributed by atoms with Crippen LogP contribution in [0.1, 0.15) is 29.3 Å². The predicted molar refractivity (Wildman–Crippen MR) is 127 cm³/mol. The van der Waals surface area contributed by atoms with E-state index in [4.69, 9.17) is 13.9 Å². The Labute approximate surface area is 202 Å². The number of furan rings is 1. The topological polar surface area (TPSA) is 110 Å². The van der Waals surface area contributed by atoms with Gasteiger partial charge in [-0.15, -0.1) is 0 Å². The Morgan fingerprint density at radius 3 is 2.51 bits per heavy atom. The molecule has 0 saturated carbocycles. The lowest BCUT2D eigenvalue weighted by Crippen LogP contribution is -2.36. The third kappa shape index (κ3) is 6.35. The van der Waals surface area contributed by atoms with Crippen LogP contribution < -0.4 is 10.1 Å². The Hall–Kier alpha value is -4.40. The first-order chi connectivity index (χ1) is 17.0. The summed E-state index contributed by atoms with van der Waals surface area (Å²) in [5.74, 6) is -0.607. The molecule has 1 aromatic heterocycles. The highest BCUT2D eigenvalue weighted by Gasteiger charge is 2.35. The van der Waals surface area contributed by atoms with Gasteiger partial charge in [0.2, 0.25) is 0 Å². The van der Waals surface area contributed by atoms with E-state index >= 15 is 0 Å². The molecule has 0 spiro atoms. The molecule has 35 heavy (non-hydrogen) atoms. The summed E-state index contributed by atoms with van der Waals surface area (Å²) in [6.07, 6.45) is 2.00. The minimum absolute atomic E-state index is 0.245. The summed E-state index contributed by atoms with van der Waals surface area (Å²) in [5, 5.41) is 8.18. The van der Waals surface area contributed by atoms with Crippen molar-refractivity contribution < 1.29 is 28.3 Å². The molecule has 4 rings (SSSR count). The smallest absolute Gasteiger partial charge is 0.325 e. The first kappa shape index (κ1) is 23.7. The molecule has 1 N–H and O–H groups in total. The van der Waals surface area contributed by atoms with Crippen LogP contribution in [0.5, 0.6) is 5.75 Å². The molecule has 0 bridgehead atoms. The molecule has 1 aliphatic heterocycles. The Morgan fingerprint density at radius 2 is 1.80 bits per heavy atom. The zero-order valence-corrected chi connectivity index (χ0v) is 19.2. The third-order valence-corrected chi connectivity index (χ3v) is 5.32. The van der Waals surface area contributed by atoms with Crippen molar-refractivity contribution in [1.82, 2.24) is 10.3 Å². The molecule has 9 nitrogen and oxygen atoms in total. The van der Waals surface area contributed by atoms with Crippen LogP contribution >= 0.6 is 0 Å². The summed E-state index contributed by atoms with van der Waals surface area (Å²) in [5.41, 5.74) is 2.75. The molecule has 0 fully saturated rings. The third-order valence-electron chi connectivity index (χ3n) is 5.32. The molecule has 2 aromatic carbocycles. The minimum atomic E-state index is -0.747. The number of nitrogens with zero attached hydrogens (tertiary/aromatic N) is 2. The van der Waals surface area contributed by atoms with Gasteiger partial charge in [-0.25, -0.2) is 5.01 Å². The molecule has 0 saturated heterocycles. The monoisotopic (exact) mass is 475 g/mol. The number of benzene rings is 2. The Balaban J connectivity index is 1.30. The van der Waals surface area contributed by atoms with Crippen molar-refractivity contribution in [3.63, 3.8) is 0 Å². The number of hydrogen-bond acceptors (Lipinski definition) is 7. The van der Waals surface area contributed by atoms with Gasteiger partial charge in [0.25, 0.3) is 11.8 Å². The number of amides is 2. The molecule has 0 aliphatic carbocycles. The van der Waals surface area contributed by atoms with Crippen molar-refractivity contribution in [3.05, 3.63) is 89.9 Å². The maximum atomic E-state index is 12.9. The summed E-state index contributed by atoms with van der Waals surface area (Å²) in [6, 6.07) is 19.8. The number of rotatable bonds is 9. The van der Waals surface area contributed by atoms with Gasteiger partial charge >= 0.3 is 5.97 Å². The highest BCUT2D eigenvalue weighted by Crippen LogP contribution is 2.33. The van der Waals surface area contributed by atoms with Crippen LogP contribution in [0, 0.1) is 6.92 Å². The van der Waals surface area contributed by atoms with Crippen molar-refractivity contribution in [1.29, 1.82) is 0 Å². The lowest BCUT2D eigenvalue weighted by Gasteiger charge is -2.19. The van der Waals surface area contributed by atoms with E-state index in [1.165, 1.54) is 11.3 Å². The zero-order valence-electron chi connectivity index (χ0n) is 19.2. The van der Waals surface area contributed by atoms with Crippen molar-refractivity contribution in [2.75, 3.05) is 19.8 Å². The van der Waals surface area contributed by atoms with Crippen LogP contribution in [0.3, 0.4) is 0 Å². The highest BCUT2D eigenvalue weighted by atomic mass is 16.5. The molecule has 2 amide bonds. The first-order valence-corrected chi connectivity index (χ1v) is 11.1. The van der Waals surface area contributed by atoms with E-state index in [1.807, 2.05) is 37.3 Å². The Kier molecular flexibility index (Phi) is 7.57. The van der Waals surface area contributed by atoms with Crippen LogP contribution in [-0.2, 0) is 19.1 Å². The van der Waals surface area contributed by atoms with Crippen LogP contribution in [-0.4, -0.2) is 48.3 Å². The lowest BCUT2D eigenvalue weighted by molar-refractivity contribution is -0.152. The average molecular weight is 476 g/mol. The normalized spacial score (nSPS) is 14.8. The molecule has 0 radical (unpaired) electrons. The molecule has 3 aromatic rings. The molecule has 9 heteroatoms. The van der Waals surface area contributed by atoms with E-state index in [-0.39, 0.29) is 13.2 Å². The van der Waals surface area contributed by atoms with Gasteiger partial charge in [0.1, 0.15) is 24.1 Å². The summed E-state index contributed by atoms with van der Waals surface area (Å²) in [6.45, 7) is 0.848. The number of aryl methyl sites for hydroxylation is 1. The van der Waals surface area contributed by atoms with Gasteiger partial charge in [0.05, 0.1) is 12.0 Å². The number of esters is 1. The van der Waals surface area contributed by atoms with Gasteiger partial charge in [-0.1, -0.05) is 48.0 Å². The van der Waals surface area contributed by atoms with Crippen molar-refractivity contribution in [3.8, 4) is 5.75 Å². The van der Waals surface area contributed by atoms with Crippen LogP contribution in [0.2, 0.25) is 0 Å². The van der Waals surface area contributed by atoms with E-state index in [0.717, 1.165) is 16.8 Å². The second kappa shape index (κ2) is 11.1. The summed E-state index contributed by atoms with van der Waals surface area (Å²) in [7, 11) is 0. The fourth-order valence-electron chi connectivity index (χ4n) is 3.51.